The Hall–Kier alpha value is -3.46. The third-order valence-electron chi connectivity index (χ3n) is 4.01. The first-order valence-electron chi connectivity index (χ1n) is 7.94. The maximum absolute atomic E-state index is 14.3. The number of primary amides is 1. The van der Waals surface area contributed by atoms with Crippen LogP contribution in [0.2, 0.25) is 0 Å². The molecule has 0 spiro atoms. The Bertz CT molecular complexity index is 1110. The first kappa shape index (κ1) is 25.8. The van der Waals surface area contributed by atoms with Gasteiger partial charge in [-0.15, -0.1) is 0 Å². The second-order valence-corrected chi connectivity index (χ2v) is 6.15. The van der Waals surface area contributed by atoms with Crippen LogP contribution in [0, 0.1) is 29.1 Å². The minimum absolute atomic E-state index is 0.0741. The number of halogens is 12. The van der Waals surface area contributed by atoms with Gasteiger partial charge >= 0.3 is 24.1 Å². The molecule has 0 bridgehead atoms. The molecular weight excluding hydrogens is 492 g/mol. The molecule has 33 heavy (non-hydrogen) atoms. The molecule has 2 rings (SSSR count). The van der Waals surface area contributed by atoms with Crippen molar-refractivity contribution < 1.29 is 62.3 Å². The standard InChI is InChI=1S/C17H6F12N2O2/c18-5-1-9(21)12(10(22)2-5)13(32)31(14(30)33)11-4-7(19)6(3-8(11)20)15(23,24)16(25,26)17(27,28)29/h1-4H,(H2,30,33). The normalized spacial score (nSPS) is 12.6. The number of nitrogens with two attached hydrogens (primary N) is 1. The van der Waals surface area contributed by atoms with Crippen LogP contribution in [0.25, 0.3) is 0 Å². The van der Waals surface area contributed by atoms with Gasteiger partial charge in [-0.3, -0.25) is 4.79 Å². The van der Waals surface area contributed by atoms with Crippen LogP contribution >= 0.6 is 0 Å². The molecule has 3 amide bonds. The van der Waals surface area contributed by atoms with E-state index in [-0.39, 0.29) is 12.1 Å². The van der Waals surface area contributed by atoms with Gasteiger partial charge in [-0.1, -0.05) is 0 Å². The molecule has 0 aliphatic rings. The Kier molecular flexibility index (Phi) is 6.37. The highest BCUT2D eigenvalue weighted by molar-refractivity contribution is 6.20. The van der Waals surface area contributed by atoms with Gasteiger partial charge in [-0.2, -0.15) is 30.7 Å². The fourth-order valence-electron chi connectivity index (χ4n) is 2.48. The van der Waals surface area contributed by atoms with Gasteiger partial charge in [0.2, 0.25) is 0 Å². The lowest BCUT2D eigenvalue weighted by molar-refractivity contribution is -0.360. The summed E-state index contributed by atoms with van der Waals surface area (Å²) in [5.41, 5.74) is -1.63. The highest BCUT2D eigenvalue weighted by Gasteiger charge is 2.74. The van der Waals surface area contributed by atoms with Crippen molar-refractivity contribution in [1.82, 2.24) is 0 Å². The maximum Gasteiger partial charge on any atom is 0.460 e. The van der Waals surface area contributed by atoms with Crippen LogP contribution < -0.4 is 10.6 Å². The molecule has 2 N–H and O–H groups in total. The van der Waals surface area contributed by atoms with Gasteiger partial charge in [-0.05, 0) is 6.07 Å². The van der Waals surface area contributed by atoms with Gasteiger partial charge in [0.05, 0.1) is 11.3 Å². The maximum atomic E-state index is 14.3. The van der Waals surface area contributed by atoms with Crippen molar-refractivity contribution in [1.29, 1.82) is 0 Å². The van der Waals surface area contributed by atoms with E-state index in [4.69, 9.17) is 5.73 Å². The number of urea groups is 1. The smallest absolute Gasteiger partial charge is 0.351 e. The SMILES string of the molecule is NC(=O)N(C(=O)c1c(F)cc(F)cc1F)c1cc(F)c(C(F)(F)C(F)(F)C(F)(F)F)cc1F. The summed E-state index contributed by atoms with van der Waals surface area (Å²) in [6, 6.07) is -3.77. The first-order chi connectivity index (χ1) is 14.8. The molecule has 0 fully saturated rings. The number of carbonyl (C=O) groups is 2. The molecule has 2 aromatic carbocycles. The molecule has 16 heteroatoms. The van der Waals surface area contributed by atoms with Gasteiger partial charge < -0.3 is 5.73 Å². The van der Waals surface area contributed by atoms with Gasteiger partial charge in [0.1, 0.15) is 34.6 Å². The summed E-state index contributed by atoms with van der Waals surface area (Å²) < 4.78 is 160. The predicted octanol–water partition coefficient (Wildman–Crippen LogP) is 5.40. The van der Waals surface area contributed by atoms with E-state index in [1.165, 1.54) is 0 Å². The summed E-state index contributed by atoms with van der Waals surface area (Å²) in [5, 5.41) is 0. The van der Waals surface area contributed by atoms with E-state index in [9.17, 15) is 62.3 Å². The third kappa shape index (κ3) is 4.28. The zero-order chi connectivity index (χ0) is 25.7. The monoisotopic (exact) mass is 498 g/mol. The fourth-order valence-corrected chi connectivity index (χ4v) is 2.48. The zero-order valence-electron chi connectivity index (χ0n) is 15.2. The lowest BCUT2D eigenvalue weighted by atomic mass is 10.00. The third-order valence-corrected chi connectivity index (χ3v) is 4.01. The van der Waals surface area contributed by atoms with E-state index < -0.39 is 92.9 Å². The van der Waals surface area contributed by atoms with Crippen LogP contribution in [0.5, 0.6) is 0 Å². The summed E-state index contributed by atoms with van der Waals surface area (Å²) >= 11 is 0. The molecule has 0 saturated carbocycles. The molecule has 0 heterocycles. The van der Waals surface area contributed by atoms with E-state index in [0.29, 0.717) is 0 Å². The number of benzene rings is 2. The molecular formula is C17H6F12N2O2. The Balaban J connectivity index is 2.69. The molecule has 4 nitrogen and oxygen atoms in total. The van der Waals surface area contributed by atoms with Crippen LogP contribution in [0.15, 0.2) is 24.3 Å². The molecule has 0 radical (unpaired) electrons. The van der Waals surface area contributed by atoms with E-state index in [0.717, 1.165) is 0 Å². The first-order valence-corrected chi connectivity index (χ1v) is 7.94. The fraction of sp³-hybridized carbons (Fsp3) is 0.176. The van der Waals surface area contributed by atoms with Gasteiger partial charge in [-0.25, -0.2) is 31.6 Å². The number of carbonyl (C=O) groups excluding carboxylic acids is 2. The topological polar surface area (TPSA) is 63.4 Å². The van der Waals surface area contributed by atoms with E-state index >= 15 is 0 Å². The highest BCUT2D eigenvalue weighted by Crippen LogP contribution is 2.52. The molecule has 0 atom stereocenters. The highest BCUT2D eigenvalue weighted by atomic mass is 19.4. The van der Waals surface area contributed by atoms with E-state index in [2.05, 4.69) is 0 Å². The molecule has 0 aromatic heterocycles. The number of rotatable bonds is 4. The van der Waals surface area contributed by atoms with E-state index in [1.54, 1.807) is 0 Å². The average molecular weight is 498 g/mol. The summed E-state index contributed by atoms with van der Waals surface area (Å²) in [5.74, 6) is -26.1. The number of anilines is 1. The molecule has 0 aliphatic carbocycles. The minimum atomic E-state index is -6.91. The van der Waals surface area contributed by atoms with E-state index in [1.807, 2.05) is 0 Å². The second-order valence-electron chi connectivity index (χ2n) is 6.15. The Morgan fingerprint density at radius 1 is 0.727 bits per heavy atom. The summed E-state index contributed by atoms with van der Waals surface area (Å²) in [6.45, 7) is 0. The summed E-state index contributed by atoms with van der Waals surface area (Å²) in [7, 11) is 0. The predicted molar refractivity (Wildman–Crippen MR) is 84.0 cm³/mol. The van der Waals surface area contributed by atoms with Crippen LogP contribution in [0.3, 0.4) is 0 Å². The Morgan fingerprint density at radius 2 is 1.21 bits per heavy atom. The molecule has 0 saturated heterocycles. The number of hydrogen-bond donors (Lipinski definition) is 1. The van der Waals surface area contributed by atoms with Gasteiger partial charge in [0.25, 0.3) is 5.91 Å². The largest absolute Gasteiger partial charge is 0.460 e. The van der Waals surface area contributed by atoms with Crippen LogP contribution in [0.4, 0.5) is 63.2 Å². The van der Waals surface area contributed by atoms with Crippen LogP contribution in [-0.2, 0) is 5.92 Å². The zero-order valence-corrected chi connectivity index (χ0v) is 15.2. The van der Waals surface area contributed by atoms with Crippen molar-refractivity contribution in [2.75, 3.05) is 4.90 Å². The molecule has 2 aromatic rings. The Labute approximate surface area is 174 Å². The van der Waals surface area contributed by atoms with Gasteiger partial charge in [0.15, 0.2) is 0 Å². The summed E-state index contributed by atoms with van der Waals surface area (Å²) in [6.07, 6.45) is -6.91. The quantitative estimate of drug-likeness (QED) is 0.575. The van der Waals surface area contributed by atoms with Crippen molar-refractivity contribution in [3.8, 4) is 0 Å². The van der Waals surface area contributed by atoms with Crippen molar-refractivity contribution in [2.45, 2.75) is 18.0 Å². The lowest BCUT2D eigenvalue weighted by Crippen LogP contribution is -2.50. The Morgan fingerprint density at radius 3 is 1.64 bits per heavy atom. The van der Waals surface area contributed by atoms with Crippen molar-refractivity contribution in [3.63, 3.8) is 0 Å². The van der Waals surface area contributed by atoms with Crippen LogP contribution in [-0.4, -0.2) is 24.0 Å². The van der Waals surface area contributed by atoms with Crippen molar-refractivity contribution >= 4 is 17.6 Å². The number of hydrogen-bond acceptors (Lipinski definition) is 2. The second kappa shape index (κ2) is 8.15. The van der Waals surface area contributed by atoms with Crippen molar-refractivity contribution in [2.24, 2.45) is 5.73 Å². The lowest BCUT2D eigenvalue weighted by Gasteiger charge is -2.29. The molecule has 0 unspecified atom stereocenters. The number of alkyl halides is 7. The average Bonchev–Trinajstić information content (AvgIpc) is 2.62. The van der Waals surface area contributed by atoms with Crippen molar-refractivity contribution in [3.05, 3.63) is 64.5 Å². The molecule has 180 valence electrons. The number of nitrogens with zero attached hydrogens (tertiary/aromatic N) is 1. The number of imide groups is 1. The van der Waals surface area contributed by atoms with Crippen LogP contribution in [0.1, 0.15) is 15.9 Å². The summed E-state index contributed by atoms with van der Waals surface area (Å²) in [4.78, 5) is 23.1. The minimum Gasteiger partial charge on any atom is -0.351 e. The number of amides is 3. The van der Waals surface area contributed by atoms with Gasteiger partial charge in [0, 0.05) is 18.2 Å². The molecule has 0 aliphatic heterocycles.